The van der Waals surface area contributed by atoms with Crippen LogP contribution in [0.1, 0.15) is 51.7 Å². The van der Waals surface area contributed by atoms with Gasteiger partial charge >= 0.3 is 0 Å². The van der Waals surface area contributed by atoms with Gasteiger partial charge in [0.05, 0.1) is 36.0 Å². The molecular weight excluding hydrogens is 554 g/mol. The van der Waals surface area contributed by atoms with Gasteiger partial charge in [-0.05, 0) is 54.6 Å². The molecule has 0 spiro atoms. The lowest BCUT2D eigenvalue weighted by atomic mass is 9.99. The number of aliphatic hydroxyl groups is 1. The molecule has 9 heteroatoms. The average Bonchev–Trinajstić information content (AvgIpc) is 3.07. The number of aliphatic hydroxyl groups excluding tert-OH is 1. The molecule has 3 unspecified atom stereocenters. The predicted octanol–water partition coefficient (Wildman–Crippen LogP) is 5.49. The molecule has 1 aliphatic rings. The summed E-state index contributed by atoms with van der Waals surface area (Å²) in [6.45, 7) is 1.55. The largest absolute Gasteiger partial charge is 0.392 e. The second kappa shape index (κ2) is 13.8. The smallest absolute Gasteiger partial charge is 0.275 e. The molecule has 9 nitrogen and oxygen atoms in total. The zero-order chi connectivity index (χ0) is 30.3. The van der Waals surface area contributed by atoms with Crippen LogP contribution in [-0.4, -0.2) is 57.1 Å². The van der Waals surface area contributed by atoms with Gasteiger partial charge in [-0.1, -0.05) is 54.6 Å². The van der Waals surface area contributed by atoms with Crippen LogP contribution in [0.4, 0.5) is 5.69 Å². The number of pyridine rings is 1. The Hall–Kier alpha value is -4.54. The quantitative estimate of drug-likeness (QED) is 0.220. The van der Waals surface area contributed by atoms with Crippen molar-refractivity contribution in [2.45, 2.75) is 37.9 Å². The van der Waals surface area contributed by atoms with E-state index in [1.165, 1.54) is 6.20 Å². The predicted molar refractivity (Wildman–Crippen MR) is 168 cm³/mol. The van der Waals surface area contributed by atoms with Crippen molar-refractivity contribution in [1.29, 1.82) is 0 Å². The van der Waals surface area contributed by atoms with Crippen LogP contribution in [-0.2, 0) is 22.5 Å². The molecule has 0 radical (unpaired) electrons. The fraction of sp³-hybridized carbons (Fsp3) is 0.257. The van der Waals surface area contributed by atoms with E-state index in [9.17, 15) is 9.90 Å². The minimum absolute atomic E-state index is 0.00939. The van der Waals surface area contributed by atoms with E-state index in [2.05, 4.69) is 32.2 Å². The summed E-state index contributed by atoms with van der Waals surface area (Å²) >= 11 is 0. The van der Waals surface area contributed by atoms with Crippen LogP contribution in [0, 0.1) is 0 Å². The van der Waals surface area contributed by atoms with E-state index in [0.717, 1.165) is 47.4 Å². The number of aromatic nitrogens is 3. The number of benzene rings is 3. The van der Waals surface area contributed by atoms with Crippen LogP contribution in [0.2, 0.25) is 0 Å². The Balaban J connectivity index is 1.18. The standard InChI is InChI=1S/C35H35N5O4/c1-40(18-16-27-8-4-5-17-36-27)22-29-20-33(25-14-12-24(23-41)13-15-25)44-35(43-29)26-7-6-9-28(19-26)38-34(42)32-21-37-30-10-2-3-11-31(30)39-32/h2-15,17,19,21,29,33,35,41H,16,18,20,22-23H2,1H3,(H,38,42). The Morgan fingerprint density at radius 2 is 1.75 bits per heavy atom. The highest BCUT2D eigenvalue weighted by molar-refractivity contribution is 6.03. The number of carbonyl (C=O) groups is 1. The molecule has 1 aliphatic heterocycles. The first kappa shape index (κ1) is 29.5. The number of amides is 1. The monoisotopic (exact) mass is 589 g/mol. The molecule has 3 atom stereocenters. The number of carbonyl (C=O) groups excluding carboxylic acids is 1. The third kappa shape index (κ3) is 7.32. The van der Waals surface area contributed by atoms with E-state index in [-0.39, 0.29) is 30.4 Å². The average molecular weight is 590 g/mol. The summed E-state index contributed by atoms with van der Waals surface area (Å²) < 4.78 is 13.0. The first-order valence-corrected chi connectivity index (χ1v) is 14.8. The number of hydrogen-bond acceptors (Lipinski definition) is 8. The summed E-state index contributed by atoms with van der Waals surface area (Å²) in [7, 11) is 2.09. The number of anilines is 1. The highest BCUT2D eigenvalue weighted by Crippen LogP contribution is 2.38. The van der Waals surface area contributed by atoms with E-state index in [1.807, 2.05) is 97.2 Å². The lowest BCUT2D eigenvalue weighted by molar-refractivity contribution is -0.252. The first-order chi connectivity index (χ1) is 21.5. The van der Waals surface area contributed by atoms with Crippen molar-refractivity contribution in [3.8, 4) is 0 Å². The van der Waals surface area contributed by atoms with Crippen LogP contribution in [0.5, 0.6) is 0 Å². The van der Waals surface area contributed by atoms with Gasteiger partial charge in [-0.3, -0.25) is 14.8 Å². The number of fused-ring (bicyclic) bond motifs is 1. The van der Waals surface area contributed by atoms with Crippen molar-refractivity contribution in [3.63, 3.8) is 0 Å². The van der Waals surface area contributed by atoms with Gasteiger partial charge in [0.25, 0.3) is 5.91 Å². The summed E-state index contributed by atoms with van der Waals surface area (Å²) in [6.07, 6.45) is 3.88. The lowest BCUT2D eigenvalue weighted by Crippen LogP contribution is -2.38. The molecule has 3 aromatic carbocycles. The highest BCUT2D eigenvalue weighted by atomic mass is 16.7. The molecule has 2 aromatic heterocycles. The molecule has 224 valence electrons. The third-order valence-electron chi connectivity index (χ3n) is 7.70. The molecule has 2 N–H and O–H groups in total. The number of para-hydroxylation sites is 2. The van der Waals surface area contributed by atoms with Crippen molar-refractivity contribution >= 4 is 22.6 Å². The molecule has 0 aliphatic carbocycles. The van der Waals surface area contributed by atoms with Gasteiger partial charge < -0.3 is 24.8 Å². The van der Waals surface area contributed by atoms with Crippen molar-refractivity contribution < 1.29 is 19.4 Å². The van der Waals surface area contributed by atoms with Gasteiger partial charge in [0.15, 0.2) is 6.29 Å². The maximum atomic E-state index is 13.1. The molecule has 0 bridgehead atoms. The van der Waals surface area contributed by atoms with Gasteiger partial charge in [-0.25, -0.2) is 4.98 Å². The fourth-order valence-electron chi connectivity index (χ4n) is 5.35. The van der Waals surface area contributed by atoms with Gasteiger partial charge in [0, 0.05) is 49.1 Å². The second-order valence-corrected chi connectivity index (χ2v) is 11.0. The molecule has 5 aromatic rings. The van der Waals surface area contributed by atoms with Gasteiger partial charge in [0.2, 0.25) is 0 Å². The fourth-order valence-corrected chi connectivity index (χ4v) is 5.35. The van der Waals surface area contributed by atoms with Crippen molar-refractivity contribution in [3.05, 3.63) is 131 Å². The van der Waals surface area contributed by atoms with E-state index >= 15 is 0 Å². The summed E-state index contributed by atoms with van der Waals surface area (Å²) in [5.41, 5.74) is 5.96. The lowest BCUT2D eigenvalue weighted by Gasteiger charge is -2.38. The topological polar surface area (TPSA) is 110 Å². The number of ether oxygens (including phenoxy) is 2. The molecule has 44 heavy (non-hydrogen) atoms. The third-order valence-corrected chi connectivity index (χ3v) is 7.70. The Morgan fingerprint density at radius 1 is 0.932 bits per heavy atom. The van der Waals surface area contributed by atoms with Crippen molar-refractivity contribution in [2.24, 2.45) is 0 Å². The number of hydrogen-bond donors (Lipinski definition) is 2. The van der Waals surface area contributed by atoms with E-state index < -0.39 is 6.29 Å². The second-order valence-electron chi connectivity index (χ2n) is 11.0. The Labute approximate surface area is 256 Å². The van der Waals surface area contributed by atoms with E-state index in [1.54, 1.807) is 0 Å². The van der Waals surface area contributed by atoms with Crippen LogP contribution in [0.25, 0.3) is 11.0 Å². The SMILES string of the molecule is CN(CCc1ccccn1)CC1CC(c2ccc(CO)cc2)OC(c2cccc(NC(=O)c3cnc4ccccc4n3)c2)O1. The normalized spacial score (nSPS) is 18.4. The summed E-state index contributed by atoms with van der Waals surface area (Å²) in [4.78, 5) is 28.6. The van der Waals surface area contributed by atoms with Crippen LogP contribution < -0.4 is 5.32 Å². The van der Waals surface area contributed by atoms with Crippen molar-refractivity contribution in [2.75, 3.05) is 25.5 Å². The summed E-state index contributed by atoms with van der Waals surface area (Å²) in [5.74, 6) is -0.347. The maximum absolute atomic E-state index is 13.1. The Kier molecular flexibility index (Phi) is 9.28. The number of nitrogens with zero attached hydrogens (tertiary/aromatic N) is 4. The van der Waals surface area contributed by atoms with Crippen LogP contribution >= 0.6 is 0 Å². The molecule has 1 fully saturated rings. The first-order valence-electron chi connectivity index (χ1n) is 14.8. The molecule has 6 rings (SSSR count). The van der Waals surface area contributed by atoms with E-state index in [0.29, 0.717) is 17.6 Å². The number of likely N-dealkylation sites (N-methyl/N-ethyl adjacent to an activating group) is 1. The van der Waals surface area contributed by atoms with Crippen LogP contribution in [0.3, 0.4) is 0 Å². The zero-order valence-corrected chi connectivity index (χ0v) is 24.5. The summed E-state index contributed by atoms with van der Waals surface area (Å²) in [6, 6.07) is 28.8. The minimum Gasteiger partial charge on any atom is -0.392 e. The highest BCUT2D eigenvalue weighted by Gasteiger charge is 2.33. The molecule has 1 amide bonds. The Bertz CT molecular complexity index is 1700. The number of nitrogens with one attached hydrogen (secondary N) is 1. The molecule has 1 saturated heterocycles. The Morgan fingerprint density at radius 3 is 2.55 bits per heavy atom. The van der Waals surface area contributed by atoms with Crippen molar-refractivity contribution in [1.82, 2.24) is 19.9 Å². The van der Waals surface area contributed by atoms with Crippen LogP contribution in [0.15, 0.2) is 103 Å². The van der Waals surface area contributed by atoms with Gasteiger partial charge in [0.1, 0.15) is 5.69 Å². The number of rotatable bonds is 10. The maximum Gasteiger partial charge on any atom is 0.275 e. The van der Waals surface area contributed by atoms with E-state index in [4.69, 9.17) is 9.47 Å². The summed E-state index contributed by atoms with van der Waals surface area (Å²) in [5, 5.41) is 12.5. The zero-order valence-electron chi connectivity index (χ0n) is 24.5. The van der Waals surface area contributed by atoms with Gasteiger partial charge in [-0.2, -0.15) is 0 Å². The molecule has 3 heterocycles. The minimum atomic E-state index is -0.641. The molecule has 0 saturated carbocycles. The van der Waals surface area contributed by atoms with Gasteiger partial charge in [-0.15, -0.1) is 0 Å². The molecular formula is C35H35N5O4.